The molecule has 1 rings (SSSR count). The summed E-state index contributed by atoms with van der Waals surface area (Å²) in [6.45, 7) is -0.632. The SMILES string of the molecule is O=C(NCCOCC(F)F)c1cc(Cl)ccc1O. The number of phenolic OH excluding ortho intramolecular Hbond substituents is 1. The Balaban J connectivity index is 2.39. The molecule has 1 aromatic rings. The lowest BCUT2D eigenvalue weighted by molar-refractivity contribution is 0.0188. The summed E-state index contributed by atoms with van der Waals surface area (Å²) in [5.41, 5.74) is 0.0244. The summed E-state index contributed by atoms with van der Waals surface area (Å²) >= 11 is 5.68. The average molecular weight is 280 g/mol. The topological polar surface area (TPSA) is 58.6 Å². The van der Waals surface area contributed by atoms with E-state index in [1.165, 1.54) is 18.2 Å². The number of carbonyl (C=O) groups is 1. The van der Waals surface area contributed by atoms with Crippen LogP contribution >= 0.6 is 11.6 Å². The van der Waals surface area contributed by atoms with E-state index < -0.39 is 18.9 Å². The van der Waals surface area contributed by atoms with E-state index in [1.807, 2.05) is 0 Å². The first kappa shape index (κ1) is 14.7. The maximum absolute atomic E-state index is 11.7. The van der Waals surface area contributed by atoms with Gasteiger partial charge in [-0.2, -0.15) is 0 Å². The molecule has 0 aromatic heterocycles. The van der Waals surface area contributed by atoms with Crippen molar-refractivity contribution in [3.63, 3.8) is 0 Å². The lowest BCUT2D eigenvalue weighted by Gasteiger charge is -2.07. The number of hydrogen-bond acceptors (Lipinski definition) is 3. The molecule has 0 saturated heterocycles. The van der Waals surface area contributed by atoms with E-state index >= 15 is 0 Å². The zero-order chi connectivity index (χ0) is 13.5. The predicted molar refractivity (Wildman–Crippen MR) is 62.3 cm³/mol. The molecule has 0 fully saturated rings. The molecule has 0 saturated carbocycles. The fraction of sp³-hybridized carbons (Fsp3) is 0.364. The summed E-state index contributed by atoms with van der Waals surface area (Å²) in [4.78, 5) is 11.6. The molecule has 0 aliphatic rings. The van der Waals surface area contributed by atoms with Gasteiger partial charge in [-0.05, 0) is 18.2 Å². The van der Waals surface area contributed by atoms with Crippen molar-refractivity contribution in [1.29, 1.82) is 0 Å². The number of carbonyl (C=O) groups excluding carboxylic acids is 1. The van der Waals surface area contributed by atoms with Gasteiger partial charge in [-0.3, -0.25) is 4.79 Å². The second-order valence-corrected chi connectivity index (χ2v) is 3.82. The van der Waals surface area contributed by atoms with Crippen molar-refractivity contribution in [3.05, 3.63) is 28.8 Å². The van der Waals surface area contributed by atoms with Gasteiger partial charge in [0.15, 0.2) is 0 Å². The quantitative estimate of drug-likeness (QED) is 0.784. The third-order valence-electron chi connectivity index (χ3n) is 1.98. The van der Waals surface area contributed by atoms with E-state index in [4.69, 9.17) is 11.6 Å². The number of phenols is 1. The number of benzene rings is 1. The van der Waals surface area contributed by atoms with Gasteiger partial charge >= 0.3 is 0 Å². The summed E-state index contributed by atoms with van der Waals surface area (Å²) in [5, 5.41) is 12.2. The first-order valence-corrected chi connectivity index (χ1v) is 5.51. The Morgan fingerprint density at radius 2 is 2.22 bits per heavy atom. The third kappa shape index (κ3) is 4.85. The van der Waals surface area contributed by atoms with Crippen LogP contribution < -0.4 is 5.32 Å². The highest BCUT2D eigenvalue weighted by atomic mass is 35.5. The van der Waals surface area contributed by atoms with Crippen LogP contribution in [-0.2, 0) is 4.74 Å². The standard InChI is InChI=1S/C11H12ClF2NO3/c12-7-1-2-9(16)8(5-7)11(17)15-3-4-18-6-10(13)14/h1-2,5,10,16H,3-4,6H2,(H,15,17). The summed E-state index contributed by atoms with van der Waals surface area (Å²) in [6, 6.07) is 4.05. The van der Waals surface area contributed by atoms with Gasteiger partial charge in [-0.1, -0.05) is 11.6 Å². The summed E-state index contributed by atoms with van der Waals surface area (Å²) in [5.74, 6) is -0.749. The van der Waals surface area contributed by atoms with E-state index in [0.29, 0.717) is 5.02 Å². The smallest absolute Gasteiger partial charge is 0.261 e. The van der Waals surface area contributed by atoms with E-state index in [9.17, 15) is 18.7 Å². The zero-order valence-corrected chi connectivity index (χ0v) is 10.1. The second kappa shape index (κ2) is 7.13. The Bertz CT molecular complexity index is 415. The Morgan fingerprint density at radius 3 is 2.89 bits per heavy atom. The number of hydrogen-bond donors (Lipinski definition) is 2. The second-order valence-electron chi connectivity index (χ2n) is 3.38. The van der Waals surface area contributed by atoms with Crippen LogP contribution in [0.2, 0.25) is 5.02 Å². The van der Waals surface area contributed by atoms with Crippen LogP contribution in [-0.4, -0.2) is 37.2 Å². The van der Waals surface area contributed by atoms with Crippen molar-refractivity contribution in [2.45, 2.75) is 6.43 Å². The predicted octanol–water partition coefficient (Wildman–Crippen LogP) is 2.06. The number of nitrogens with one attached hydrogen (secondary N) is 1. The van der Waals surface area contributed by atoms with Gasteiger partial charge in [0.1, 0.15) is 12.4 Å². The minimum atomic E-state index is -2.53. The summed E-state index contributed by atoms with van der Waals surface area (Å²) in [6.07, 6.45) is -2.53. The first-order valence-electron chi connectivity index (χ1n) is 5.13. The van der Waals surface area contributed by atoms with Crippen LogP contribution in [0.25, 0.3) is 0 Å². The van der Waals surface area contributed by atoms with E-state index in [-0.39, 0.29) is 24.5 Å². The highest BCUT2D eigenvalue weighted by Crippen LogP contribution is 2.21. The number of halogens is 3. The molecule has 0 unspecified atom stereocenters. The molecule has 2 N–H and O–H groups in total. The molecular weight excluding hydrogens is 268 g/mol. The minimum Gasteiger partial charge on any atom is -0.507 e. The average Bonchev–Trinajstić information content (AvgIpc) is 2.31. The Kier molecular flexibility index (Phi) is 5.80. The molecule has 0 atom stereocenters. The van der Waals surface area contributed by atoms with Crippen LogP contribution in [0.4, 0.5) is 8.78 Å². The van der Waals surface area contributed by atoms with Gasteiger partial charge in [0.2, 0.25) is 0 Å². The molecule has 100 valence electrons. The number of alkyl halides is 2. The minimum absolute atomic E-state index is 0.0244. The zero-order valence-electron chi connectivity index (χ0n) is 9.33. The first-order chi connectivity index (χ1) is 8.50. The maximum atomic E-state index is 11.7. The largest absolute Gasteiger partial charge is 0.507 e. The lowest BCUT2D eigenvalue weighted by atomic mass is 10.2. The van der Waals surface area contributed by atoms with Crippen molar-refractivity contribution < 1.29 is 23.4 Å². The molecule has 0 bridgehead atoms. The van der Waals surface area contributed by atoms with Crippen LogP contribution in [0, 0.1) is 0 Å². The van der Waals surface area contributed by atoms with Gasteiger partial charge in [0.05, 0.1) is 12.2 Å². The van der Waals surface area contributed by atoms with Crippen molar-refractivity contribution in [1.82, 2.24) is 5.32 Å². The Hall–Kier alpha value is -1.40. The van der Waals surface area contributed by atoms with Crippen LogP contribution in [0.15, 0.2) is 18.2 Å². The molecule has 4 nitrogen and oxygen atoms in total. The molecular formula is C11H12ClF2NO3. The third-order valence-corrected chi connectivity index (χ3v) is 2.21. The molecule has 0 spiro atoms. The van der Waals surface area contributed by atoms with Crippen molar-refractivity contribution in [2.24, 2.45) is 0 Å². The van der Waals surface area contributed by atoms with Gasteiger partial charge in [0, 0.05) is 11.6 Å². The molecule has 7 heteroatoms. The van der Waals surface area contributed by atoms with Gasteiger partial charge in [0.25, 0.3) is 12.3 Å². The molecule has 0 aliphatic carbocycles. The number of aromatic hydroxyl groups is 1. The number of ether oxygens (including phenoxy) is 1. The fourth-order valence-corrected chi connectivity index (χ4v) is 1.37. The molecule has 0 radical (unpaired) electrons. The van der Waals surface area contributed by atoms with Gasteiger partial charge in [-0.25, -0.2) is 8.78 Å². The molecule has 18 heavy (non-hydrogen) atoms. The van der Waals surface area contributed by atoms with E-state index in [2.05, 4.69) is 10.1 Å². The van der Waals surface area contributed by atoms with Crippen LogP contribution in [0.5, 0.6) is 5.75 Å². The van der Waals surface area contributed by atoms with Gasteiger partial charge < -0.3 is 15.2 Å². The van der Waals surface area contributed by atoms with Crippen molar-refractivity contribution in [3.8, 4) is 5.75 Å². The number of amides is 1. The summed E-state index contributed by atoms with van der Waals surface area (Å²) < 4.78 is 28.0. The van der Waals surface area contributed by atoms with Gasteiger partial charge in [-0.15, -0.1) is 0 Å². The fourth-order valence-electron chi connectivity index (χ4n) is 1.19. The van der Waals surface area contributed by atoms with Crippen LogP contribution in [0.3, 0.4) is 0 Å². The molecule has 0 heterocycles. The normalized spacial score (nSPS) is 10.7. The van der Waals surface area contributed by atoms with Crippen LogP contribution in [0.1, 0.15) is 10.4 Å². The molecule has 1 amide bonds. The van der Waals surface area contributed by atoms with E-state index in [1.54, 1.807) is 0 Å². The summed E-state index contributed by atoms with van der Waals surface area (Å²) in [7, 11) is 0. The highest BCUT2D eigenvalue weighted by molar-refractivity contribution is 6.31. The lowest BCUT2D eigenvalue weighted by Crippen LogP contribution is -2.27. The van der Waals surface area contributed by atoms with Crippen molar-refractivity contribution in [2.75, 3.05) is 19.8 Å². The van der Waals surface area contributed by atoms with E-state index in [0.717, 1.165) is 0 Å². The Labute approximate surface area is 108 Å². The number of rotatable bonds is 6. The monoisotopic (exact) mass is 279 g/mol. The Morgan fingerprint density at radius 1 is 1.50 bits per heavy atom. The molecule has 1 aromatic carbocycles. The molecule has 0 aliphatic heterocycles. The van der Waals surface area contributed by atoms with Crippen molar-refractivity contribution >= 4 is 17.5 Å². The maximum Gasteiger partial charge on any atom is 0.261 e. The highest BCUT2D eigenvalue weighted by Gasteiger charge is 2.11.